The molecule has 1 rings (SSSR count). The largest absolute Gasteiger partial charge is 0.445 e. The number of benzene rings is 1. The minimum atomic E-state index is -1.48. The molecule has 0 aliphatic rings. The summed E-state index contributed by atoms with van der Waals surface area (Å²) in [5, 5.41) is 36.1. The van der Waals surface area contributed by atoms with E-state index in [9.17, 15) is 20.1 Å². The highest BCUT2D eigenvalue weighted by Gasteiger charge is 2.51. The minimum absolute atomic E-state index is 0.0807. The van der Waals surface area contributed by atoms with E-state index in [0.29, 0.717) is 12.8 Å². The van der Waals surface area contributed by atoms with E-state index in [1.165, 1.54) is 57.8 Å². The predicted octanol–water partition coefficient (Wildman–Crippen LogP) is 7.43. The number of rotatable bonds is 22. The summed E-state index contributed by atoms with van der Waals surface area (Å²) in [6, 6.07) is 9.34. The maximum absolute atomic E-state index is 12.7. The Bertz CT molecular complexity index is 726. The molecule has 0 spiro atoms. The average Bonchev–Trinajstić information content (AvgIpc) is 2.91. The summed E-state index contributed by atoms with van der Waals surface area (Å²) >= 11 is 0. The summed E-state index contributed by atoms with van der Waals surface area (Å²) in [7, 11) is 0. The maximum Gasteiger partial charge on any atom is 0.408 e. The zero-order valence-corrected chi connectivity index (χ0v) is 24.7. The van der Waals surface area contributed by atoms with Crippen molar-refractivity contribution in [1.82, 2.24) is 5.32 Å². The van der Waals surface area contributed by atoms with Crippen LogP contribution in [0.25, 0.3) is 0 Å². The summed E-state index contributed by atoms with van der Waals surface area (Å²) < 4.78 is 5.38. The Morgan fingerprint density at radius 1 is 0.816 bits per heavy atom. The van der Waals surface area contributed by atoms with Gasteiger partial charge in [-0.1, -0.05) is 134 Å². The van der Waals surface area contributed by atoms with Gasteiger partial charge in [0.15, 0.2) is 0 Å². The van der Waals surface area contributed by atoms with Gasteiger partial charge in [-0.3, -0.25) is 0 Å². The molecule has 6 heteroatoms. The molecule has 0 aliphatic carbocycles. The standard InChI is InChI=1S/C32H57NO5/c1-5-7-9-10-11-12-13-14-15-16-17-21-24-28(34)29(35)32(4,31(3,37)25-8-6-2)33-30(36)38-26-27-22-19-18-20-23-27/h18-20,22-23,28-29,34-35,37H,5-17,21,24-26H2,1-4H3,(H,33,36). The van der Waals surface area contributed by atoms with Gasteiger partial charge in [0, 0.05) is 0 Å². The molecule has 1 amide bonds. The highest BCUT2D eigenvalue weighted by molar-refractivity contribution is 5.68. The van der Waals surface area contributed by atoms with Crippen molar-refractivity contribution in [3.8, 4) is 0 Å². The molecule has 4 N–H and O–H groups in total. The average molecular weight is 536 g/mol. The second-order valence-corrected chi connectivity index (χ2v) is 11.5. The van der Waals surface area contributed by atoms with Crippen LogP contribution in [0.5, 0.6) is 0 Å². The summed E-state index contributed by atoms with van der Waals surface area (Å²) in [6.45, 7) is 7.56. The predicted molar refractivity (Wildman–Crippen MR) is 156 cm³/mol. The van der Waals surface area contributed by atoms with E-state index in [0.717, 1.165) is 37.7 Å². The third-order valence-corrected chi connectivity index (χ3v) is 8.02. The van der Waals surface area contributed by atoms with Gasteiger partial charge in [0.25, 0.3) is 0 Å². The smallest absolute Gasteiger partial charge is 0.408 e. The molecule has 220 valence electrons. The molecule has 0 fully saturated rings. The fourth-order valence-electron chi connectivity index (χ4n) is 5.02. The Morgan fingerprint density at radius 3 is 1.84 bits per heavy atom. The Morgan fingerprint density at radius 2 is 1.32 bits per heavy atom. The normalized spacial score (nSPS) is 16.3. The monoisotopic (exact) mass is 535 g/mol. The van der Waals surface area contributed by atoms with Crippen molar-refractivity contribution < 1.29 is 24.9 Å². The molecule has 38 heavy (non-hydrogen) atoms. The Kier molecular flexibility index (Phi) is 17.6. The third kappa shape index (κ3) is 12.9. The van der Waals surface area contributed by atoms with Crippen molar-refractivity contribution in [2.45, 2.75) is 160 Å². The van der Waals surface area contributed by atoms with Crippen LogP contribution in [-0.2, 0) is 11.3 Å². The minimum Gasteiger partial charge on any atom is -0.445 e. The van der Waals surface area contributed by atoms with Gasteiger partial charge in [-0.15, -0.1) is 0 Å². The van der Waals surface area contributed by atoms with Gasteiger partial charge in [0.1, 0.15) is 12.7 Å². The molecule has 0 aliphatic heterocycles. The molecule has 1 aromatic rings. The van der Waals surface area contributed by atoms with Crippen LogP contribution in [0.4, 0.5) is 4.79 Å². The topological polar surface area (TPSA) is 99.0 Å². The zero-order valence-electron chi connectivity index (χ0n) is 24.7. The number of amides is 1. The lowest BCUT2D eigenvalue weighted by Crippen LogP contribution is -2.69. The molecule has 0 radical (unpaired) electrons. The molecule has 0 bridgehead atoms. The first kappa shape index (κ1) is 34.4. The quantitative estimate of drug-likeness (QED) is 0.116. The van der Waals surface area contributed by atoms with E-state index < -0.39 is 29.4 Å². The highest BCUT2D eigenvalue weighted by atomic mass is 16.5. The molecule has 4 atom stereocenters. The summed E-state index contributed by atoms with van der Waals surface area (Å²) in [6.07, 6.45) is 13.9. The van der Waals surface area contributed by atoms with Crippen molar-refractivity contribution in [3.63, 3.8) is 0 Å². The SMILES string of the molecule is CCCCCCCCCCCCCCC(O)C(O)C(C)(NC(=O)OCc1ccccc1)C(C)(O)CCCC. The number of aliphatic hydroxyl groups excluding tert-OH is 2. The lowest BCUT2D eigenvalue weighted by Gasteiger charge is -2.47. The zero-order chi connectivity index (χ0) is 28.3. The Balaban J connectivity index is 2.53. The second kappa shape index (κ2) is 19.4. The molecule has 1 aromatic carbocycles. The van der Waals surface area contributed by atoms with Crippen molar-refractivity contribution in [2.24, 2.45) is 0 Å². The maximum atomic E-state index is 12.7. The van der Waals surface area contributed by atoms with Crippen LogP contribution in [-0.4, -0.2) is 44.8 Å². The molecular weight excluding hydrogens is 478 g/mol. The third-order valence-electron chi connectivity index (χ3n) is 8.02. The number of nitrogens with one attached hydrogen (secondary N) is 1. The first-order valence-corrected chi connectivity index (χ1v) is 15.2. The van der Waals surface area contributed by atoms with Crippen LogP contribution in [0.3, 0.4) is 0 Å². The van der Waals surface area contributed by atoms with Crippen molar-refractivity contribution in [1.29, 1.82) is 0 Å². The van der Waals surface area contributed by atoms with E-state index in [2.05, 4.69) is 12.2 Å². The van der Waals surface area contributed by atoms with E-state index in [4.69, 9.17) is 4.74 Å². The first-order valence-electron chi connectivity index (χ1n) is 15.2. The molecule has 0 saturated carbocycles. The number of carbonyl (C=O) groups excluding carboxylic acids is 1. The fourth-order valence-corrected chi connectivity index (χ4v) is 5.02. The molecule has 0 saturated heterocycles. The van der Waals surface area contributed by atoms with Crippen LogP contribution >= 0.6 is 0 Å². The molecular formula is C32H57NO5. The number of alkyl carbamates (subject to hydrolysis) is 1. The van der Waals surface area contributed by atoms with Crippen LogP contribution in [0, 0.1) is 0 Å². The molecule has 0 aromatic heterocycles. The number of carbonyl (C=O) groups is 1. The first-order chi connectivity index (χ1) is 18.2. The Labute approximate surface area is 232 Å². The number of hydrogen-bond donors (Lipinski definition) is 4. The van der Waals surface area contributed by atoms with Crippen molar-refractivity contribution in [2.75, 3.05) is 0 Å². The molecule has 6 nitrogen and oxygen atoms in total. The van der Waals surface area contributed by atoms with Crippen LogP contribution in [0.2, 0.25) is 0 Å². The van der Waals surface area contributed by atoms with E-state index >= 15 is 0 Å². The van der Waals surface area contributed by atoms with Gasteiger partial charge < -0.3 is 25.4 Å². The van der Waals surface area contributed by atoms with Crippen molar-refractivity contribution in [3.05, 3.63) is 35.9 Å². The number of aliphatic hydroxyl groups is 3. The lowest BCUT2D eigenvalue weighted by atomic mass is 9.73. The van der Waals surface area contributed by atoms with E-state index in [1.807, 2.05) is 37.3 Å². The van der Waals surface area contributed by atoms with Gasteiger partial charge in [0.05, 0.1) is 17.2 Å². The molecule has 4 unspecified atom stereocenters. The number of unbranched alkanes of at least 4 members (excludes halogenated alkanes) is 12. The van der Waals surface area contributed by atoms with Gasteiger partial charge in [-0.05, 0) is 32.3 Å². The van der Waals surface area contributed by atoms with Crippen LogP contribution in [0.15, 0.2) is 30.3 Å². The fraction of sp³-hybridized carbons (Fsp3) is 0.781. The van der Waals surface area contributed by atoms with Crippen molar-refractivity contribution >= 4 is 6.09 Å². The Hall–Kier alpha value is -1.63. The van der Waals surface area contributed by atoms with Gasteiger partial charge in [0.2, 0.25) is 0 Å². The summed E-state index contributed by atoms with van der Waals surface area (Å²) in [4.78, 5) is 12.7. The van der Waals surface area contributed by atoms with Gasteiger partial charge in [-0.25, -0.2) is 4.79 Å². The highest BCUT2D eigenvalue weighted by Crippen LogP contribution is 2.33. The summed E-state index contributed by atoms with van der Waals surface area (Å²) in [5.74, 6) is 0. The number of hydrogen-bond acceptors (Lipinski definition) is 5. The second-order valence-electron chi connectivity index (χ2n) is 11.5. The van der Waals surface area contributed by atoms with E-state index in [1.54, 1.807) is 13.8 Å². The summed E-state index contributed by atoms with van der Waals surface area (Å²) in [5.41, 5.74) is -2.08. The lowest BCUT2D eigenvalue weighted by molar-refractivity contribution is -0.127. The van der Waals surface area contributed by atoms with Gasteiger partial charge in [-0.2, -0.15) is 0 Å². The van der Waals surface area contributed by atoms with E-state index in [-0.39, 0.29) is 6.61 Å². The van der Waals surface area contributed by atoms with Gasteiger partial charge >= 0.3 is 6.09 Å². The molecule has 0 heterocycles. The van der Waals surface area contributed by atoms with Crippen LogP contribution in [0.1, 0.15) is 136 Å². The number of ether oxygens (including phenoxy) is 1. The van der Waals surface area contributed by atoms with Crippen LogP contribution < -0.4 is 5.32 Å².